The second-order valence-electron chi connectivity index (χ2n) is 6.77. The van der Waals surface area contributed by atoms with E-state index in [0.29, 0.717) is 29.6 Å². The first-order valence-electron chi connectivity index (χ1n) is 9.45. The number of rotatable bonds is 8. The van der Waals surface area contributed by atoms with Gasteiger partial charge in [-0.1, -0.05) is 41.9 Å². The molecule has 1 heterocycles. The highest BCUT2D eigenvalue weighted by molar-refractivity contribution is 5.80. The summed E-state index contributed by atoms with van der Waals surface area (Å²) >= 11 is 0. The lowest BCUT2D eigenvalue weighted by atomic mass is 10.2. The SMILES string of the molecule is CCC(Oc1ccc(C)cc1)C(=O)N(C)Cc1nc(-c2cccc(OC)c2)no1. The number of methoxy groups -OCH3 is 1. The average Bonchev–Trinajstić information content (AvgIpc) is 3.21. The van der Waals surface area contributed by atoms with E-state index in [0.717, 1.165) is 11.1 Å². The van der Waals surface area contributed by atoms with E-state index >= 15 is 0 Å². The fourth-order valence-electron chi connectivity index (χ4n) is 2.81. The standard InChI is InChI=1S/C22H25N3O4/c1-5-19(28-17-11-9-15(2)10-12-17)22(26)25(3)14-20-23-21(24-29-20)16-7-6-8-18(13-16)27-4/h6-13,19H,5,14H2,1-4H3. The van der Waals surface area contributed by atoms with E-state index in [4.69, 9.17) is 14.0 Å². The van der Waals surface area contributed by atoms with Crippen LogP contribution in [0.4, 0.5) is 0 Å². The van der Waals surface area contributed by atoms with E-state index in [2.05, 4.69) is 10.1 Å². The van der Waals surface area contributed by atoms with Crippen molar-refractivity contribution in [1.29, 1.82) is 0 Å². The van der Waals surface area contributed by atoms with E-state index in [1.165, 1.54) is 4.90 Å². The fourth-order valence-corrected chi connectivity index (χ4v) is 2.81. The van der Waals surface area contributed by atoms with Crippen molar-refractivity contribution in [2.75, 3.05) is 14.2 Å². The molecule has 7 heteroatoms. The Labute approximate surface area is 170 Å². The molecular formula is C22H25N3O4. The normalized spacial score (nSPS) is 11.7. The Morgan fingerprint density at radius 2 is 1.93 bits per heavy atom. The van der Waals surface area contributed by atoms with Gasteiger partial charge in [0.05, 0.1) is 13.7 Å². The minimum Gasteiger partial charge on any atom is -0.497 e. The molecule has 1 amide bonds. The first kappa shape index (κ1) is 20.4. The molecular weight excluding hydrogens is 370 g/mol. The molecule has 0 radical (unpaired) electrons. The first-order valence-corrected chi connectivity index (χ1v) is 9.45. The fraction of sp³-hybridized carbons (Fsp3) is 0.318. The summed E-state index contributed by atoms with van der Waals surface area (Å²) in [6.45, 7) is 4.12. The van der Waals surface area contributed by atoms with Crippen LogP contribution in [0.3, 0.4) is 0 Å². The molecule has 152 valence electrons. The zero-order chi connectivity index (χ0) is 20.8. The van der Waals surface area contributed by atoms with E-state index in [-0.39, 0.29) is 12.5 Å². The van der Waals surface area contributed by atoms with Gasteiger partial charge in [0, 0.05) is 12.6 Å². The van der Waals surface area contributed by atoms with Gasteiger partial charge in [0.1, 0.15) is 11.5 Å². The van der Waals surface area contributed by atoms with Crippen LogP contribution in [-0.2, 0) is 11.3 Å². The summed E-state index contributed by atoms with van der Waals surface area (Å²) in [6.07, 6.45) is -0.0286. The third kappa shape index (κ3) is 5.13. The van der Waals surface area contributed by atoms with Gasteiger partial charge in [0.15, 0.2) is 6.10 Å². The first-order chi connectivity index (χ1) is 14.0. The molecule has 0 saturated heterocycles. The number of aromatic nitrogens is 2. The number of hydrogen-bond acceptors (Lipinski definition) is 6. The van der Waals surface area contributed by atoms with Crippen molar-refractivity contribution in [3.8, 4) is 22.9 Å². The number of likely N-dealkylation sites (N-methyl/N-ethyl adjacent to an activating group) is 1. The van der Waals surface area contributed by atoms with Gasteiger partial charge in [-0.2, -0.15) is 4.98 Å². The Kier molecular flexibility index (Phi) is 6.49. The summed E-state index contributed by atoms with van der Waals surface area (Å²) in [6, 6.07) is 15.0. The topological polar surface area (TPSA) is 77.7 Å². The van der Waals surface area contributed by atoms with Crippen LogP contribution in [-0.4, -0.2) is 41.2 Å². The van der Waals surface area contributed by atoms with E-state index in [1.54, 1.807) is 14.2 Å². The van der Waals surface area contributed by atoms with Gasteiger partial charge in [-0.05, 0) is 37.6 Å². The zero-order valence-electron chi connectivity index (χ0n) is 17.1. The predicted octanol–water partition coefficient (Wildman–Crippen LogP) is 3.87. The van der Waals surface area contributed by atoms with Crippen LogP contribution in [0.2, 0.25) is 0 Å². The molecule has 0 spiro atoms. The number of carbonyl (C=O) groups is 1. The number of ether oxygens (including phenoxy) is 2. The number of nitrogens with zero attached hydrogens (tertiary/aromatic N) is 3. The molecule has 0 aliphatic rings. The maximum absolute atomic E-state index is 12.8. The minimum atomic E-state index is -0.580. The number of amides is 1. The van der Waals surface area contributed by atoms with Gasteiger partial charge >= 0.3 is 0 Å². The van der Waals surface area contributed by atoms with Crippen molar-refractivity contribution >= 4 is 5.91 Å². The van der Waals surface area contributed by atoms with E-state index in [1.807, 2.05) is 62.4 Å². The van der Waals surface area contributed by atoms with Crippen molar-refractivity contribution in [3.05, 3.63) is 60.0 Å². The van der Waals surface area contributed by atoms with Crippen molar-refractivity contribution in [3.63, 3.8) is 0 Å². The molecule has 7 nitrogen and oxygen atoms in total. The van der Waals surface area contributed by atoms with Gasteiger partial charge in [0.25, 0.3) is 5.91 Å². The van der Waals surface area contributed by atoms with E-state index < -0.39 is 6.10 Å². The Morgan fingerprint density at radius 3 is 2.62 bits per heavy atom. The molecule has 0 aliphatic carbocycles. The van der Waals surface area contributed by atoms with Crippen LogP contribution in [0, 0.1) is 6.92 Å². The van der Waals surface area contributed by atoms with Crippen LogP contribution in [0.1, 0.15) is 24.8 Å². The third-order valence-corrected chi connectivity index (χ3v) is 4.49. The monoisotopic (exact) mass is 395 g/mol. The van der Waals surface area contributed by atoms with Crippen molar-refractivity contribution in [2.45, 2.75) is 32.9 Å². The van der Waals surface area contributed by atoms with Crippen molar-refractivity contribution in [1.82, 2.24) is 15.0 Å². The molecule has 0 aliphatic heterocycles. The Morgan fingerprint density at radius 1 is 1.17 bits per heavy atom. The molecule has 0 N–H and O–H groups in total. The molecule has 1 unspecified atom stereocenters. The maximum atomic E-state index is 12.8. The van der Waals surface area contributed by atoms with Gasteiger partial charge in [-0.3, -0.25) is 4.79 Å². The van der Waals surface area contributed by atoms with Gasteiger partial charge in [-0.25, -0.2) is 0 Å². The van der Waals surface area contributed by atoms with Crippen LogP contribution >= 0.6 is 0 Å². The third-order valence-electron chi connectivity index (χ3n) is 4.49. The quantitative estimate of drug-likeness (QED) is 0.576. The molecule has 0 saturated carbocycles. The molecule has 2 aromatic carbocycles. The lowest BCUT2D eigenvalue weighted by Crippen LogP contribution is -2.39. The molecule has 0 bridgehead atoms. The predicted molar refractivity (Wildman–Crippen MR) is 109 cm³/mol. The summed E-state index contributed by atoms with van der Waals surface area (Å²) in [7, 11) is 3.29. The highest BCUT2D eigenvalue weighted by Crippen LogP contribution is 2.22. The Bertz CT molecular complexity index is 953. The molecule has 3 aromatic rings. The lowest BCUT2D eigenvalue weighted by Gasteiger charge is -2.22. The summed E-state index contributed by atoms with van der Waals surface area (Å²) in [5.41, 5.74) is 1.92. The summed E-state index contributed by atoms with van der Waals surface area (Å²) in [5.74, 6) is 2.03. The van der Waals surface area contributed by atoms with Crippen LogP contribution in [0.25, 0.3) is 11.4 Å². The van der Waals surface area contributed by atoms with Gasteiger partial charge in [-0.15, -0.1) is 0 Å². The molecule has 1 aromatic heterocycles. The number of aryl methyl sites for hydroxylation is 1. The Hall–Kier alpha value is -3.35. The summed E-state index contributed by atoms with van der Waals surface area (Å²) < 4.78 is 16.4. The largest absolute Gasteiger partial charge is 0.497 e. The molecule has 0 fully saturated rings. The van der Waals surface area contributed by atoms with Crippen LogP contribution < -0.4 is 9.47 Å². The minimum absolute atomic E-state index is 0.144. The zero-order valence-corrected chi connectivity index (χ0v) is 17.1. The molecule has 3 rings (SSSR count). The highest BCUT2D eigenvalue weighted by Gasteiger charge is 2.24. The van der Waals surface area contributed by atoms with Crippen molar-refractivity contribution in [2.24, 2.45) is 0 Å². The van der Waals surface area contributed by atoms with Crippen LogP contribution in [0.15, 0.2) is 53.1 Å². The summed E-state index contributed by atoms with van der Waals surface area (Å²) in [4.78, 5) is 18.7. The second kappa shape index (κ2) is 9.23. The highest BCUT2D eigenvalue weighted by atomic mass is 16.5. The average molecular weight is 395 g/mol. The van der Waals surface area contributed by atoms with E-state index in [9.17, 15) is 4.79 Å². The van der Waals surface area contributed by atoms with Gasteiger partial charge in [0.2, 0.25) is 11.7 Å². The maximum Gasteiger partial charge on any atom is 0.263 e. The summed E-state index contributed by atoms with van der Waals surface area (Å²) in [5, 5.41) is 4.00. The van der Waals surface area contributed by atoms with Crippen molar-refractivity contribution < 1.29 is 18.8 Å². The number of hydrogen-bond donors (Lipinski definition) is 0. The van der Waals surface area contributed by atoms with Gasteiger partial charge < -0.3 is 18.9 Å². The number of carbonyl (C=O) groups excluding carboxylic acids is 1. The molecule has 29 heavy (non-hydrogen) atoms. The Balaban J connectivity index is 1.65. The molecule has 1 atom stereocenters. The lowest BCUT2D eigenvalue weighted by molar-refractivity contribution is -0.138. The second-order valence-corrected chi connectivity index (χ2v) is 6.77. The number of benzene rings is 2. The van der Waals surface area contributed by atoms with Crippen LogP contribution in [0.5, 0.6) is 11.5 Å². The smallest absolute Gasteiger partial charge is 0.263 e.